The Labute approximate surface area is 179 Å². The summed E-state index contributed by atoms with van der Waals surface area (Å²) in [6.45, 7) is 6.30. The predicted octanol–water partition coefficient (Wildman–Crippen LogP) is 7.01. The van der Waals surface area contributed by atoms with Crippen molar-refractivity contribution >= 4 is 67.1 Å². The number of anilines is 1. The molecule has 1 aliphatic heterocycles. The molecule has 2 nitrogen and oxygen atoms in total. The summed E-state index contributed by atoms with van der Waals surface area (Å²) in [4.78, 5) is 16.8. The average Bonchev–Trinajstić information content (AvgIpc) is 2.99. The highest BCUT2D eigenvalue weighted by Gasteiger charge is 2.44. The third kappa shape index (κ3) is 2.61. The van der Waals surface area contributed by atoms with Crippen molar-refractivity contribution < 1.29 is 4.79 Å². The van der Waals surface area contributed by atoms with Crippen LogP contribution in [0.2, 0.25) is 0 Å². The van der Waals surface area contributed by atoms with Crippen LogP contribution in [0.15, 0.2) is 42.5 Å². The zero-order valence-corrected chi connectivity index (χ0v) is 19.1. The van der Waals surface area contributed by atoms with Gasteiger partial charge in [0.15, 0.2) is 0 Å². The van der Waals surface area contributed by atoms with Crippen molar-refractivity contribution in [2.24, 2.45) is 0 Å². The number of halogens is 1. The number of benzene rings is 2. The van der Waals surface area contributed by atoms with Crippen LogP contribution in [0.4, 0.5) is 5.69 Å². The molecule has 0 spiro atoms. The third-order valence-electron chi connectivity index (χ3n) is 4.78. The fraction of sp³-hybridized carbons (Fsp3) is 0.200. The summed E-state index contributed by atoms with van der Waals surface area (Å²) in [7, 11) is 3.31. The average molecular weight is 509 g/mol. The molecule has 3 aromatic rings. The summed E-state index contributed by atoms with van der Waals surface area (Å²) in [6, 6.07) is 14.0. The molecule has 2 heterocycles. The molecule has 6 heteroatoms. The van der Waals surface area contributed by atoms with Crippen LogP contribution in [0.25, 0.3) is 11.1 Å². The molecule has 26 heavy (non-hydrogen) atoms. The Morgan fingerprint density at radius 3 is 2.58 bits per heavy atom. The van der Waals surface area contributed by atoms with Crippen molar-refractivity contribution in [3.8, 4) is 11.1 Å². The second kappa shape index (κ2) is 6.51. The van der Waals surface area contributed by atoms with Crippen LogP contribution in [0.1, 0.15) is 34.6 Å². The highest BCUT2D eigenvalue weighted by Crippen LogP contribution is 2.53. The number of aryl methyl sites for hydroxylation is 1. The highest BCUT2D eigenvalue weighted by atomic mass is 127. The summed E-state index contributed by atoms with van der Waals surface area (Å²) in [5.74, 6) is 0.0329. The van der Waals surface area contributed by atoms with E-state index in [0.717, 1.165) is 35.3 Å². The maximum atomic E-state index is 13.7. The van der Waals surface area contributed by atoms with Gasteiger partial charge in [-0.15, -0.1) is 0 Å². The Morgan fingerprint density at radius 2 is 1.85 bits per heavy atom. The van der Waals surface area contributed by atoms with E-state index in [1.165, 1.54) is 4.88 Å². The van der Waals surface area contributed by atoms with Gasteiger partial charge in [0, 0.05) is 14.7 Å². The molecule has 0 bridgehead atoms. The second-order valence-electron chi connectivity index (χ2n) is 6.81. The lowest BCUT2D eigenvalue weighted by Gasteiger charge is -2.43. The second-order valence-corrected chi connectivity index (χ2v) is 10.8. The first-order chi connectivity index (χ1) is 12.3. The number of rotatable bonds is 1. The van der Waals surface area contributed by atoms with Gasteiger partial charge in [0.1, 0.15) is 3.82 Å². The van der Waals surface area contributed by atoms with E-state index in [0.29, 0.717) is 0 Å². The van der Waals surface area contributed by atoms with E-state index in [9.17, 15) is 4.79 Å². The maximum Gasteiger partial charge on any atom is 0.260 e. The standard InChI is InChI=1S/C20H16INOS3/c1-11-7-6-9-13-15-17(25-26-19(15)24)20(2,3)22(16(11)13)18(23)12-8-4-5-10-14(12)21/h4-10H,1-3H3. The van der Waals surface area contributed by atoms with E-state index in [2.05, 4.69) is 55.5 Å². The smallest absolute Gasteiger partial charge is 0.260 e. The quantitative estimate of drug-likeness (QED) is 0.200. The minimum atomic E-state index is -0.456. The topological polar surface area (TPSA) is 20.3 Å². The van der Waals surface area contributed by atoms with Crippen LogP contribution in [0.5, 0.6) is 0 Å². The van der Waals surface area contributed by atoms with Crippen molar-refractivity contribution in [1.82, 2.24) is 0 Å². The van der Waals surface area contributed by atoms with E-state index in [-0.39, 0.29) is 5.91 Å². The lowest BCUT2D eigenvalue weighted by atomic mass is 9.85. The Balaban J connectivity index is 2.04. The van der Waals surface area contributed by atoms with Gasteiger partial charge in [0.25, 0.3) is 5.91 Å². The number of hydrogen-bond acceptors (Lipinski definition) is 4. The number of amides is 1. The number of carbonyl (C=O) groups is 1. The third-order valence-corrected chi connectivity index (χ3v) is 9.06. The summed E-state index contributed by atoms with van der Waals surface area (Å²) in [5, 5.41) is 0. The molecular weight excluding hydrogens is 493 g/mol. The normalized spacial score (nSPS) is 14.7. The first kappa shape index (κ1) is 18.3. The Hall–Kier alpha value is -1.09. The number of nitrogens with zero attached hydrogens (tertiary/aromatic N) is 1. The Morgan fingerprint density at radius 1 is 1.12 bits per heavy atom. The van der Waals surface area contributed by atoms with E-state index >= 15 is 0 Å². The molecule has 4 rings (SSSR count). The van der Waals surface area contributed by atoms with Gasteiger partial charge >= 0.3 is 0 Å². The minimum absolute atomic E-state index is 0.0329. The zero-order valence-electron chi connectivity index (χ0n) is 14.5. The van der Waals surface area contributed by atoms with Crippen LogP contribution in [-0.2, 0) is 5.54 Å². The van der Waals surface area contributed by atoms with E-state index in [1.54, 1.807) is 20.7 Å². The maximum absolute atomic E-state index is 13.7. The van der Waals surface area contributed by atoms with Gasteiger partial charge in [-0.3, -0.25) is 9.69 Å². The van der Waals surface area contributed by atoms with Crippen molar-refractivity contribution in [3.63, 3.8) is 0 Å². The molecule has 0 fully saturated rings. The van der Waals surface area contributed by atoms with Crippen molar-refractivity contribution in [1.29, 1.82) is 0 Å². The van der Waals surface area contributed by atoms with Gasteiger partial charge in [-0.1, -0.05) is 63.2 Å². The molecule has 1 aromatic heterocycles. The number of para-hydroxylation sites is 1. The fourth-order valence-electron chi connectivity index (χ4n) is 3.54. The molecule has 0 saturated heterocycles. The zero-order chi connectivity index (χ0) is 18.6. The predicted molar refractivity (Wildman–Crippen MR) is 122 cm³/mol. The first-order valence-corrected chi connectivity index (χ1v) is 11.8. The SMILES string of the molecule is Cc1cccc2c1N(C(=O)c1ccccc1I)C(C)(C)c1ssc(=S)c1-2. The van der Waals surface area contributed by atoms with Crippen LogP contribution in [0.3, 0.4) is 0 Å². The number of carbonyl (C=O) groups excluding carboxylic acids is 1. The van der Waals surface area contributed by atoms with Crippen LogP contribution in [-0.4, -0.2) is 5.91 Å². The minimum Gasteiger partial charge on any atom is -0.297 e. The summed E-state index contributed by atoms with van der Waals surface area (Å²) >= 11 is 7.87. The largest absolute Gasteiger partial charge is 0.297 e. The summed E-state index contributed by atoms with van der Waals surface area (Å²) in [5.41, 5.74) is 4.55. The van der Waals surface area contributed by atoms with Crippen molar-refractivity contribution in [2.75, 3.05) is 4.90 Å². The van der Waals surface area contributed by atoms with Crippen LogP contribution < -0.4 is 4.90 Å². The van der Waals surface area contributed by atoms with Gasteiger partial charge < -0.3 is 0 Å². The van der Waals surface area contributed by atoms with Gasteiger partial charge in [-0.2, -0.15) is 0 Å². The van der Waals surface area contributed by atoms with Crippen LogP contribution >= 0.6 is 55.5 Å². The monoisotopic (exact) mass is 509 g/mol. The summed E-state index contributed by atoms with van der Waals surface area (Å²) in [6.07, 6.45) is 0. The molecule has 1 amide bonds. The highest BCUT2D eigenvalue weighted by molar-refractivity contribution is 14.1. The van der Waals surface area contributed by atoms with Gasteiger partial charge in [0.05, 0.1) is 21.7 Å². The lowest BCUT2D eigenvalue weighted by Crippen LogP contribution is -2.48. The number of fused-ring (bicyclic) bond motifs is 3. The first-order valence-electron chi connectivity index (χ1n) is 8.16. The van der Waals surface area contributed by atoms with Gasteiger partial charge in [-0.05, 0) is 61.1 Å². The molecule has 1 aliphatic rings. The number of hydrogen-bond donors (Lipinski definition) is 0. The summed E-state index contributed by atoms with van der Waals surface area (Å²) < 4.78 is 1.87. The molecule has 132 valence electrons. The Kier molecular flexibility index (Phi) is 4.58. The molecule has 0 aliphatic carbocycles. The molecule has 0 atom stereocenters. The fourth-order valence-corrected chi connectivity index (χ4v) is 7.44. The molecule has 0 unspecified atom stereocenters. The van der Waals surface area contributed by atoms with E-state index < -0.39 is 5.54 Å². The molecular formula is C20H16INOS3. The molecule has 0 radical (unpaired) electrons. The molecule has 2 aromatic carbocycles. The Bertz CT molecular complexity index is 1100. The lowest BCUT2D eigenvalue weighted by molar-refractivity contribution is 0.0960. The van der Waals surface area contributed by atoms with Crippen molar-refractivity contribution in [2.45, 2.75) is 26.3 Å². The van der Waals surface area contributed by atoms with Gasteiger partial charge in [-0.25, -0.2) is 0 Å². The molecule has 0 N–H and O–H groups in total. The van der Waals surface area contributed by atoms with Gasteiger partial charge in [0.2, 0.25) is 0 Å². The molecule has 0 saturated carbocycles. The van der Waals surface area contributed by atoms with Crippen molar-refractivity contribution in [3.05, 3.63) is 65.9 Å². The van der Waals surface area contributed by atoms with E-state index in [1.807, 2.05) is 35.2 Å². The van der Waals surface area contributed by atoms with Crippen LogP contribution in [0, 0.1) is 14.3 Å². The van der Waals surface area contributed by atoms with E-state index in [4.69, 9.17) is 12.2 Å².